The fraction of sp³-hybridized carbons (Fsp3) is 0.955. The molecule has 3 nitrogen and oxygen atoms in total. The number of carbonyl (C=O) groups is 1. The molecule has 0 spiro atoms. The molecule has 27 heavy (non-hydrogen) atoms. The Morgan fingerprint density at radius 3 is 1.56 bits per heavy atom. The van der Waals surface area contributed by atoms with Crippen molar-refractivity contribution in [2.75, 3.05) is 39.7 Å². The molecule has 0 radical (unpaired) electrons. The lowest BCUT2D eigenvalue weighted by atomic mass is 10.0. The second-order valence-electron chi connectivity index (χ2n) is 8.33. The number of hydrogen-bond acceptors (Lipinski definition) is 2. The Kier molecular flexibility index (Phi) is 22.4. The average molecular weight is 427 g/mol. The molecule has 0 atom stereocenters. The van der Waals surface area contributed by atoms with E-state index in [1.54, 1.807) is 0 Å². The summed E-state index contributed by atoms with van der Waals surface area (Å²) in [5.74, 6) is -0.366. The highest BCUT2D eigenvalue weighted by molar-refractivity contribution is 6.26. The molecule has 0 aliphatic rings. The SMILES string of the molecule is CCCCCCCCCCCCCCCC[N+](C)(C)CCOC(=O)CCl.[Cl-]. The van der Waals surface area contributed by atoms with Crippen molar-refractivity contribution in [3.8, 4) is 0 Å². The third-order valence-corrected chi connectivity index (χ3v) is 5.40. The first-order valence-corrected chi connectivity index (χ1v) is 11.6. The van der Waals surface area contributed by atoms with Gasteiger partial charge in [-0.1, -0.05) is 84.0 Å². The monoisotopic (exact) mass is 425 g/mol. The standard InChI is InChI=1S/C22H45ClNO2.ClH/c1-4-5-6-7-8-9-10-11-12-13-14-15-16-17-18-24(2,3)19-20-26-22(25)21-23;/h4-21H2,1-3H3;1H/q+1;/p-1. The van der Waals surface area contributed by atoms with Crippen molar-refractivity contribution in [3.05, 3.63) is 0 Å². The normalized spacial score (nSPS) is 11.3. The van der Waals surface area contributed by atoms with E-state index in [4.69, 9.17) is 16.3 Å². The lowest BCUT2D eigenvalue weighted by Crippen LogP contribution is -3.00. The van der Waals surface area contributed by atoms with Gasteiger partial charge in [0.1, 0.15) is 19.0 Å². The van der Waals surface area contributed by atoms with Gasteiger partial charge in [-0.15, -0.1) is 11.6 Å². The van der Waals surface area contributed by atoms with Crippen molar-refractivity contribution in [1.82, 2.24) is 0 Å². The molecule has 0 saturated heterocycles. The molecule has 164 valence electrons. The minimum absolute atomic E-state index is 0. The number of nitrogens with zero attached hydrogens (tertiary/aromatic N) is 1. The number of esters is 1. The minimum atomic E-state index is -0.317. The lowest BCUT2D eigenvalue weighted by Gasteiger charge is -2.29. The zero-order valence-corrected chi connectivity index (χ0v) is 19.8. The Bertz CT molecular complexity index is 325. The van der Waals surface area contributed by atoms with Crippen molar-refractivity contribution in [3.63, 3.8) is 0 Å². The van der Waals surface area contributed by atoms with Gasteiger partial charge in [0.25, 0.3) is 0 Å². The number of likely N-dealkylation sites (N-methyl/N-ethyl adjacent to an activating group) is 1. The van der Waals surface area contributed by atoms with Gasteiger partial charge in [0.2, 0.25) is 0 Å². The summed E-state index contributed by atoms with van der Waals surface area (Å²) in [6.45, 7) is 4.76. The smallest absolute Gasteiger partial charge is 0.321 e. The number of hydrogen-bond donors (Lipinski definition) is 0. The first kappa shape index (κ1) is 29.2. The second kappa shape index (κ2) is 20.7. The quantitative estimate of drug-likeness (QED) is 0.137. The zero-order valence-electron chi connectivity index (χ0n) is 18.2. The minimum Gasteiger partial charge on any atom is -1.00 e. The van der Waals surface area contributed by atoms with Crippen molar-refractivity contribution in [1.29, 1.82) is 0 Å². The van der Waals surface area contributed by atoms with Gasteiger partial charge in [0, 0.05) is 0 Å². The van der Waals surface area contributed by atoms with Gasteiger partial charge in [-0.25, -0.2) is 0 Å². The summed E-state index contributed by atoms with van der Waals surface area (Å²) in [6, 6.07) is 0. The predicted molar refractivity (Wildman–Crippen MR) is 114 cm³/mol. The Morgan fingerprint density at radius 1 is 0.741 bits per heavy atom. The molecule has 0 N–H and O–H groups in total. The molecular weight excluding hydrogens is 381 g/mol. The molecule has 0 saturated carbocycles. The van der Waals surface area contributed by atoms with E-state index in [-0.39, 0.29) is 24.3 Å². The van der Waals surface area contributed by atoms with Crippen LogP contribution in [-0.2, 0) is 9.53 Å². The van der Waals surface area contributed by atoms with Gasteiger partial charge in [-0.05, 0) is 12.8 Å². The Labute approximate surface area is 180 Å². The van der Waals surface area contributed by atoms with Crippen LogP contribution in [0, 0.1) is 0 Å². The maximum atomic E-state index is 11.0. The summed E-state index contributed by atoms with van der Waals surface area (Å²) >= 11 is 5.42. The molecule has 0 bridgehead atoms. The molecule has 5 heteroatoms. The molecule has 0 unspecified atom stereocenters. The molecule has 0 amide bonds. The van der Waals surface area contributed by atoms with Gasteiger partial charge in [0.05, 0.1) is 20.6 Å². The van der Waals surface area contributed by atoms with Crippen LogP contribution < -0.4 is 12.4 Å². The van der Waals surface area contributed by atoms with E-state index in [0.29, 0.717) is 6.61 Å². The van der Waals surface area contributed by atoms with Gasteiger partial charge in [-0.3, -0.25) is 4.79 Å². The fourth-order valence-electron chi connectivity index (χ4n) is 3.29. The summed E-state index contributed by atoms with van der Waals surface area (Å²) in [5, 5.41) is 0. The van der Waals surface area contributed by atoms with E-state index in [1.807, 2.05) is 0 Å². The molecule has 0 aliphatic heterocycles. The van der Waals surface area contributed by atoms with Crippen LogP contribution in [0.15, 0.2) is 0 Å². The number of alkyl halides is 1. The Morgan fingerprint density at radius 2 is 1.15 bits per heavy atom. The highest BCUT2D eigenvalue weighted by Crippen LogP contribution is 2.13. The largest absolute Gasteiger partial charge is 1.00 e. The average Bonchev–Trinajstić information content (AvgIpc) is 2.61. The topological polar surface area (TPSA) is 26.3 Å². The highest BCUT2D eigenvalue weighted by Gasteiger charge is 2.15. The third-order valence-electron chi connectivity index (χ3n) is 5.19. The highest BCUT2D eigenvalue weighted by atomic mass is 35.5. The van der Waals surface area contributed by atoms with Gasteiger partial charge in [0.15, 0.2) is 0 Å². The number of carbonyl (C=O) groups excluding carboxylic acids is 1. The molecule has 0 fully saturated rings. The number of quaternary nitrogens is 1. The van der Waals surface area contributed by atoms with E-state index < -0.39 is 0 Å². The van der Waals surface area contributed by atoms with Crippen LogP contribution in [0.25, 0.3) is 0 Å². The van der Waals surface area contributed by atoms with Crippen LogP contribution in [0.2, 0.25) is 0 Å². The lowest BCUT2D eigenvalue weighted by molar-refractivity contribution is -0.890. The van der Waals surface area contributed by atoms with Crippen LogP contribution >= 0.6 is 11.6 Å². The molecule has 0 aliphatic carbocycles. The van der Waals surface area contributed by atoms with Crippen LogP contribution in [0.1, 0.15) is 96.8 Å². The summed E-state index contributed by atoms with van der Waals surface area (Å²) in [7, 11) is 4.41. The van der Waals surface area contributed by atoms with E-state index >= 15 is 0 Å². The van der Waals surface area contributed by atoms with Gasteiger partial charge >= 0.3 is 5.97 Å². The van der Waals surface area contributed by atoms with Gasteiger partial charge in [-0.2, -0.15) is 0 Å². The molecule has 0 aromatic heterocycles. The zero-order chi connectivity index (χ0) is 19.5. The van der Waals surface area contributed by atoms with E-state index in [0.717, 1.165) is 17.6 Å². The maximum Gasteiger partial charge on any atom is 0.321 e. The van der Waals surface area contributed by atoms with Gasteiger partial charge < -0.3 is 21.6 Å². The summed E-state index contributed by atoms with van der Waals surface area (Å²) in [4.78, 5) is 11.0. The summed E-state index contributed by atoms with van der Waals surface area (Å²) in [6.07, 6.45) is 19.5. The molecule has 0 aromatic rings. The Hall–Kier alpha value is 0.01000. The molecule has 0 aromatic carbocycles. The summed E-state index contributed by atoms with van der Waals surface area (Å²) < 4.78 is 5.98. The third kappa shape index (κ3) is 22.2. The van der Waals surface area contributed by atoms with E-state index in [2.05, 4.69) is 21.0 Å². The maximum absolute atomic E-state index is 11.0. The van der Waals surface area contributed by atoms with Crippen molar-refractivity contribution >= 4 is 17.6 Å². The van der Waals surface area contributed by atoms with Crippen LogP contribution in [0.3, 0.4) is 0 Å². The van der Waals surface area contributed by atoms with Crippen molar-refractivity contribution < 1.29 is 26.4 Å². The Balaban J connectivity index is 0. The van der Waals surface area contributed by atoms with Crippen LogP contribution in [0.5, 0.6) is 0 Å². The number of ether oxygens (including phenoxy) is 1. The number of rotatable bonds is 19. The molecule has 0 rings (SSSR count). The second-order valence-corrected chi connectivity index (χ2v) is 8.60. The number of halogens is 2. The molecule has 0 heterocycles. The predicted octanol–water partition coefficient (Wildman–Crippen LogP) is 3.33. The van der Waals surface area contributed by atoms with Crippen molar-refractivity contribution in [2.45, 2.75) is 96.8 Å². The first-order chi connectivity index (χ1) is 12.5. The van der Waals surface area contributed by atoms with Crippen molar-refractivity contribution in [2.24, 2.45) is 0 Å². The molecular formula is C22H45Cl2NO2. The van der Waals surface area contributed by atoms with Crippen LogP contribution in [-0.4, -0.2) is 50.1 Å². The van der Waals surface area contributed by atoms with E-state index in [9.17, 15) is 4.79 Å². The van der Waals surface area contributed by atoms with E-state index in [1.165, 1.54) is 89.9 Å². The number of unbranched alkanes of at least 4 members (excludes halogenated alkanes) is 13. The first-order valence-electron chi connectivity index (χ1n) is 11.1. The fourth-order valence-corrected chi connectivity index (χ4v) is 3.37. The summed E-state index contributed by atoms with van der Waals surface area (Å²) in [5.41, 5.74) is 0. The van der Waals surface area contributed by atoms with Crippen LogP contribution in [0.4, 0.5) is 0 Å².